The van der Waals surface area contributed by atoms with E-state index in [2.05, 4.69) is 10.4 Å². The molecule has 0 radical (unpaired) electrons. The molecule has 1 aromatic rings. The van der Waals surface area contributed by atoms with Crippen LogP contribution in [0.15, 0.2) is 11.0 Å². The Morgan fingerprint density at radius 1 is 1.28 bits per heavy atom. The predicted molar refractivity (Wildman–Crippen MR) is 92.9 cm³/mol. The van der Waals surface area contributed by atoms with E-state index in [0.717, 1.165) is 44.9 Å². The molecule has 1 aromatic heterocycles. The number of nitrogens with zero attached hydrogens (tertiary/aromatic N) is 2. The minimum absolute atomic E-state index is 0.182. The molecular formula is C18H22ClN3O3. The second-order valence-corrected chi connectivity index (χ2v) is 9.16. The first-order valence-corrected chi connectivity index (χ1v) is 9.57. The van der Waals surface area contributed by atoms with E-state index in [0.29, 0.717) is 30.0 Å². The van der Waals surface area contributed by atoms with Crippen LogP contribution in [-0.2, 0) is 10.3 Å². The Hall–Kier alpha value is -1.56. The van der Waals surface area contributed by atoms with E-state index < -0.39 is 16.9 Å². The first kappa shape index (κ1) is 15.7. The van der Waals surface area contributed by atoms with Crippen LogP contribution in [0.1, 0.15) is 51.4 Å². The number of carbonyl (C=O) groups is 1. The fourth-order valence-corrected chi connectivity index (χ4v) is 6.21. The van der Waals surface area contributed by atoms with Gasteiger partial charge in [-0.15, -0.1) is 0 Å². The Morgan fingerprint density at radius 2 is 1.96 bits per heavy atom. The van der Waals surface area contributed by atoms with Gasteiger partial charge in [-0.3, -0.25) is 9.59 Å². The number of aromatic nitrogens is 2. The van der Waals surface area contributed by atoms with Crippen molar-refractivity contribution in [1.82, 2.24) is 9.78 Å². The van der Waals surface area contributed by atoms with Gasteiger partial charge in [0.25, 0.3) is 5.56 Å². The molecule has 0 aromatic carbocycles. The van der Waals surface area contributed by atoms with Crippen LogP contribution in [0.2, 0.25) is 5.02 Å². The van der Waals surface area contributed by atoms with Crippen molar-refractivity contribution < 1.29 is 9.90 Å². The minimum atomic E-state index is -0.711. The monoisotopic (exact) mass is 363 g/mol. The van der Waals surface area contributed by atoms with Crippen molar-refractivity contribution in [1.29, 1.82) is 0 Å². The van der Waals surface area contributed by atoms with E-state index in [1.54, 1.807) is 6.20 Å². The average Bonchev–Trinajstić information content (AvgIpc) is 3.34. The van der Waals surface area contributed by atoms with Crippen molar-refractivity contribution >= 4 is 23.3 Å². The van der Waals surface area contributed by atoms with Crippen molar-refractivity contribution in [3.8, 4) is 0 Å². The maximum atomic E-state index is 13.0. The number of aliphatic carboxylic acids is 1. The molecule has 5 aliphatic carbocycles. The predicted octanol–water partition coefficient (Wildman–Crippen LogP) is 2.85. The quantitative estimate of drug-likeness (QED) is 0.859. The van der Waals surface area contributed by atoms with Crippen LogP contribution in [0.3, 0.4) is 0 Å². The van der Waals surface area contributed by atoms with Crippen molar-refractivity contribution in [3.05, 3.63) is 21.6 Å². The van der Waals surface area contributed by atoms with Crippen molar-refractivity contribution in [2.75, 3.05) is 5.32 Å². The fraction of sp³-hybridized carbons (Fsp3) is 0.722. The third kappa shape index (κ3) is 2.26. The van der Waals surface area contributed by atoms with Crippen molar-refractivity contribution in [2.24, 2.45) is 17.3 Å². The van der Waals surface area contributed by atoms with Crippen LogP contribution < -0.4 is 10.9 Å². The Balaban J connectivity index is 1.57. The topological polar surface area (TPSA) is 84.2 Å². The van der Waals surface area contributed by atoms with Gasteiger partial charge in [0.2, 0.25) is 0 Å². The number of hydrogen-bond donors (Lipinski definition) is 2. The molecule has 4 bridgehead atoms. The molecule has 0 amide bonds. The van der Waals surface area contributed by atoms with Crippen LogP contribution in [0.5, 0.6) is 0 Å². The summed E-state index contributed by atoms with van der Waals surface area (Å²) in [5.41, 5.74) is -0.859. The zero-order valence-corrected chi connectivity index (χ0v) is 14.8. The van der Waals surface area contributed by atoms with Gasteiger partial charge in [-0.05, 0) is 63.2 Å². The molecule has 134 valence electrons. The lowest BCUT2D eigenvalue weighted by Crippen LogP contribution is -2.61. The van der Waals surface area contributed by atoms with Crippen LogP contribution >= 0.6 is 11.6 Å². The summed E-state index contributed by atoms with van der Waals surface area (Å²) in [5, 5.41) is 17.8. The van der Waals surface area contributed by atoms with Crippen molar-refractivity contribution in [2.45, 2.75) is 62.9 Å². The number of hydrogen-bond acceptors (Lipinski definition) is 4. The highest BCUT2D eigenvalue weighted by Crippen LogP contribution is 2.63. The van der Waals surface area contributed by atoms with Crippen LogP contribution in [0.25, 0.3) is 0 Å². The molecule has 1 heterocycles. The SMILES string of the molecule is O=C(O)C12C[C@H]3C[C@H](C1)CC(n1ncc(NC4CC4)c(Cl)c1=O)(C3)C2. The zero-order valence-electron chi connectivity index (χ0n) is 14.0. The molecule has 6 nitrogen and oxygen atoms in total. The molecule has 5 fully saturated rings. The standard InChI is InChI=1S/C18H22ClN3O3/c19-14-13(21-12-1-2-12)8-20-22(15(14)23)18-6-10-3-11(7-18)5-17(4-10,9-18)16(24)25/h8,10-12,21H,1-7,9H2,(H,24,25)/t10-,11-,17?,18?/m1/s1. The molecule has 5 aliphatic rings. The second kappa shape index (κ2) is 5.00. The van der Waals surface area contributed by atoms with Crippen LogP contribution in [0.4, 0.5) is 5.69 Å². The van der Waals surface area contributed by atoms with Gasteiger partial charge in [-0.1, -0.05) is 11.6 Å². The number of nitrogens with one attached hydrogen (secondary N) is 1. The number of carboxylic acids is 1. The van der Waals surface area contributed by atoms with Gasteiger partial charge < -0.3 is 10.4 Å². The molecule has 0 unspecified atom stereocenters. The minimum Gasteiger partial charge on any atom is -0.481 e. The summed E-state index contributed by atoms with van der Waals surface area (Å²) in [6.07, 6.45) is 8.58. The highest BCUT2D eigenvalue weighted by Gasteiger charge is 2.62. The van der Waals surface area contributed by atoms with E-state index in [9.17, 15) is 14.7 Å². The molecule has 2 atom stereocenters. The third-order valence-electron chi connectivity index (χ3n) is 6.79. The highest BCUT2D eigenvalue weighted by molar-refractivity contribution is 6.32. The molecule has 25 heavy (non-hydrogen) atoms. The Morgan fingerprint density at radius 3 is 2.56 bits per heavy atom. The highest BCUT2D eigenvalue weighted by atomic mass is 35.5. The summed E-state index contributed by atoms with van der Waals surface area (Å²) in [6, 6.07) is 0.393. The number of carboxylic acid groups (broad SMARTS) is 1. The van der Waals surface area contributed by atoms with Crippen molar-refractivity contribution in [3.63, 3.8) is 0 Å². The molecule has 5 saturated carbocycles. The summed E-state index contributed by atoms with van der Waals surface area (Å²) in [6.45, 7) is 0. The smallest absolute Gasteiger partial charge is 0.309 e. The average molecular weight is 364 g/mol. The van der Waals surface area contributed by atoms with Gasteiger partial charge in [0.05, 0.1) is 22.8 Å². The molecule has 6 rings (SSSR count). The van der Waals surface area contributed by atoms with Gasteiger partial charge in [0.15, 0.2) is 0 Å². The molecule has 0 saturated heterocycles. The van der Waals surface area contributed by atoms with E-state index in [1.165, 1.54) is 4.68 Å². The maximum absolute atomic E-state index is 13.0. The number of halogens is 1. The normalized spacial score (nSPS) is 38.8. The van der Waals surface area contributed by atoms with E-state index in [-0.39, 0.29) is 10.6 Å². The van der Waals surface area contributed by atoms with Gasteiger partial charge >= 0.3 is 5.97 Å². The van der Waals surface area contributed by atoms with E-state index >= 15 is 0 Å². The van der Waals surface area contributed by atoms with E-state index in [1.807, 2.05) is 0 Å². The Labute approximate surface area is 150 Å². The lowest BCUT2D eigenvalue weighted by molar-refractivity contribution is -0.173. The van der Waals surface area contributed by atoms with Gasteiger partial charge in [-0.2, -0.15) is 5.10 Å². The summed E-state index contributed by atoms with van der Waals surface area (Å²) in [4.78, 5) is 25.0. The molecular weight excluding hydrogens is 342 g/mol. The summed E-state index contributed by atoms with van der Waals surface area (Å²) >= 11 is 6.36. The second-order valence-electron chi connectivity index (χ2n) is 8.78. The summed E-state index contributed by atoms with van der Waals surface area (Å²) < 4.78 is 1.53. The lowest BCUT2D eigenvalue weighted by atomic mass is 9.47. The zero-order chi connectivity index (χ0) is 17.4. The largest absolute Gasteiger partial charge is 0.481 e. The molecule has 0 aliphatic heterocycles. The molecule has 2 N–H and O–H groups in total. The Kier molecular flexibility index (Phi) is 3.13. The number of anilines is 1. The van der Waals surface area contributed by atoms with E-state index in [4.69, 9.17) is 11.6 Å². The maximum Gasteiger partial charge on any atom is 0.309 e. The fourth-order valence-electron chi connectivity index (χ4n) is 6.03. The summed E-state index contributed by atoms with van der Waals surface area (Å²) in [7, 11) is 0. The summed E-state index contributed by atoms with van der Waals surface area (Å²) in [5.74, 6) is 0.0281. The first-order valence-electron chi connectivity index (χ1n) is 9.19. The molecule has 0 spiro atoms. The van der Waals surface area contributed by atoms with Gasteiger partial charge in [0, 0.05) is 6.04 Å². The van der Waals surface area contributed by atoms with Crippen LogP contribution in [0, 0.1) is 17.3 Å². The van der Waals surface area contributed by atoms with Crippen LogP contribution in [-0.4, -0.2) is 26.9 Å². The molecule has 7 heteroatoms. The number of rotatable bonds is 4. The van der Waals surface area contributed by atoms with Gasteiger partial charge in [0.1, 0.15) is 5.02 Å². The first-order chi connectivity index (χ1) is 11.9. The Bertz CT molecular complexity index is 802. The lowest BCUT2D eigenvalue weighted by Gasteiger charge is -2.60. The van der Waals surface area contributed by atoms with Gasteiger partial charge in [-0.25, -0.2) is 4.68 Å². The third-order valence-corrected chi connectivity index (χ3v) is 7.15.